The minimum atomic E-state index is 0. The molecule has 100 valence electrons. The van der Waals surface area contributed by atoms with Gasteiger partial charge in [0.1, 0.15) is 0 Å². The largest absolute Gasteiger partial charge is 0.330 e. The van der Waals surface area contributed by atoms with E-state index in [1.807, 2.05) is 30.3 Å². The molecular weight excluding hydrogens is 250 g/mol. The molecule has 1 unspecified atom stereocenters. The monoisotopic (exact) mass is 269 g/mol. The van der Waals surface area contributed by atoms with Gasteiger partial charge in [0, 0.05) is 12.2 Å². The molecule has 1 fully saturated rings. The quantitative estimate of drug-likeness (QED) is 0.867. The molecule has 2 rings (SSSR count). The van der Waals surface area contributed by atoms with E-state index in [2.05, 4.69) is 10.2 Å². The molecule has 0 saturated carbocycles. The summed E-state index contributed by atoms with van der Waals surface area (Å²) < 4.78 is 0. The van der Waals surface area contributed by atoms with Gasteiger partial charge >= 0.3 is 0 Å². The summed E-state index contributed by atoms with van der Waals surface area (Å²) in [5.74, 6) is 0.605. The van der Waals surface area contributed by atoms with Crippen LogP contribution in [0.4, 0.5) is 5.69 Å². The Kier molecular flexibility index (Phi) is 6.12. The van der Waals surface area contributed by atoms with E-state index in [9.17, 15) is 4.79 Å². The van der Waals surface area contributed by atoms with E-state index in [-0.39, 0.29) is 18.3 Å². The van der Waals surface area contributed by atoms with Crippen LogP contribution in [-0.4, -0.2) is 37.0 Å². The molecule has 1 aliphatic rings. The molecule has 5 heteroatoms. The number of anilines is 1. The first-order chi connectivity index (χ1) is 8.28. The number of para-hydroxylation sites is 1. The first kappa shape index (κ1) is 15.0. The second kappa shape index (κ2) is 7.36. The van der Waals surface area contributed by atoms with Gasteiger partial charge in [-0.25, -0.2) is 0 Å². The average molecular weight is 270 g/mol. The highest BCUT2D eigenvalue weighted by Crippen LogP contribution is 2.14. The van der Waals surface area contributed by atoms with Crippen LogP contribution in [-0.2, 0) is 4.79 Å². The molecule has 0 radical (unpaired) electrons. The molecule has 1 aromatic rings. The maximum Gasteiger partial charge on any atom is 0.238 e. The predicted molar refractivity (Wildman–Crippen MR) is 75.9 cm³/mol. The van der Waals surface area contributed by atoms with Crippen LogP contribution in [0.1, 0.15) is 6.42 Å². The summed E-state index contributed by atoms with van der Waals surface area (Å²) in [5.41, 5.74) is 6.48. The van der Waals surface area contributed by atoms with Crippen LogP contribution in [0.15, 0.2) is 30.3 Å². The van der Waals surface area contributed by atoms with Gasteiger partial charge in [0.2, 0.25) is 5.91 Å². The fourth-order valence-corrected chi connectivity index (χ4v) is 2.17. The van der Waals surface area contributed by atoms with Crippen molar-refractivity contribution in [1.29, 1.82) is 0 Å². The first-order valence-electron chi connectivity index (χ1n) is 6.05. The lowest BCUT2D eigenvalue weighted by molar-refractivity contribution is -0.117. The Morgan fingerprint density at radius 2 is 2.11 bits per heavy atom. The number of nitrogens with two attached hydrogens (primary N) is 1. The number of nitrogens with one attached hydrogen (secondary N) is 1. The number of hydrogen-bond acceptors (Lipinski definition) is 3. The average Bonchev–Trinajstić information content (AvgIpc) is 2.78. The van der Waals surface area contributed by atoms with E-state index in [1.165, 1.54) is 0 Å². The van der Waals surface area contributed by atoms with Gasteiger partial charge < -0.3 is 11.1 Å². The van der Waals surface area contributed by atoms with Crippen molar-refractivity contribution in [1.82, 2.24) is 4.90 Å². The van der Waals surface area contributed by atoms with Crippen LogP contribution in [0.5, 0.6) is 0 Å². The van der Waals surface area contributed by atoms with Gasteiger partial charge in [-0.1, -0.05) is 18.2 Å². The Bertz CT molecular complexity index is 372. The number of benzene rings is 1. The van der Waals surface area contributed by atoms with E-state index in [0.29, 0.717) is 12.5 Å². The van der Waals surface area contributed by atoms with Crippen LogP contribution < -0.4 is 11.1 Å². The van der Waals surface area contributed by atoms with Crippen molar-refractivity contribution in [3.63, 3.8) is 0 Å². The molecule has 0 spiro atoms. The van der Waals surface area contributed by atoms with Gasteiger partial charge in [-0.15, -0.1) is 12.4 Å². The third-order valence-electron chi connectivity index (χ3n) is 3.13. The van der Waals surface area contributed by atoms with Crippen molar-refractivity contribution in [2.24, 2.45) is 11.7 Å². The smallest absolute Gasteiger partial charge is 0.238 e. The number of rotatable bonds is 4. The Morgan fingerprint density at radius 3 is 2.72 bits per heavy atom. The van der Waals surface area contributed by atoms with E-state index < -0.39 is 0 Å². The summed E-state index contributed by atoms with van der Waals surface area (Å²) in [7, 11) is 0. The molecular formula is C13H20ClN3O. The maximum atomic E-state index is 11.8. The van der Waals surface area contributed by atoms with Crippen molar-refractivity contribution in [2.45, 2.75) is 6.42 Å². The van der Waals surface area contributed by atoms with Gasteiger partial charge in [-0.3, -0.25) is 9.69 Å². The maximum absolute atomic E-state index is 11.8. The molecule has 1 atom stereocenters. The zero-order chi connectivity index (χ0) is 12.1. The number of amides is 1. The topological polar surface area (TPSA) is 58.4 Å². The lowest BCUT2D eigenvalue weighted by Gasteiger charge is -2.15. The van der Waals surface area contributed by atoms with E-state index in [1.54, 1.807) is 0 Å². The van der Waals surface area contributed by atoms with Crippen molar-refractivity contribution >= 4 is 24.0 Å². The highest BCUT2D eigenvalue weighted by atomic mass is 35.5. The summed E-state index contributed by atoms with van der Waals surface area (Å²) in [6.07, 6.45) is 1.11. The van der Waals surface area contributed by atoms with Gasteiger partial charge in [0.25, 0.3) is 0 Å². The molecule has 1 aliphatic heterocycles. The summed E-state index contributed by atoms with van der Waals surface area (Å²) in [5, 5.41) is 2.89. The lowest BCUT2D eigenvalue weighted by atomic mass is 10.1. The number of nitrogens with zero attached hydrogens (tertiary/aromatic N) is 1. The second-order valence-electron chi connectivity index (χ2n) is 4.54. The van der Waals surface area contributed by atoms with Crippen LogP contribution in [0.25, 0.3) is 0 Å². The lowest BCUT2D eigenvalue weighted by Crippen LogP contribution is -2.32. The third-order valence-corrected chi connectivity index (χ3v) is 3.13. The van der Waals surface area contributed by atoms with Crippen LogP contribution in [0.3, 0.4) is 0 Å². The van der Waals surface area contributed by atoms with Gasteiger partial charge in [0.05, 0.1) is 6.54 Å². The standard InChI is InChI=1S/C13H19N3O.ClH/c14-8-11-6-7-16(9-11)10-13(17)15-12-4-2-1-3-5-12;/h1-5,11H,6-10,14H2,(H,15,17);1H. The fourth-order valence-electron chi connectivity index (χ4n) is 2.17. The molecule has 3 N–H and O–H groups in total. The number of hydrogen-bond donors (Lipinski definition) is 2. The van der Waals surface area contributed by atoms with Crippen LogP contribution >= 0.6 is 12.4 Å². The minimum absolute atomic E-state index is 0. The summed E-state index contributed by atoms with van der Waals surface area (Å²) in [6.45, 7) is 3.10. The van der Waals surface area contributed by atoms with Crippen molar-refractivity contribution in [2.75, 3.05) is 31.5 Å². The normalized spacial score (nSPS) is 19.3. The van der Waals surface area contributed by atoms with Crippen molar-refractivity contribution in [3.05, 3.63) is 30.3 Å². The highest BCUT2D eigenvalue weighted by molar-refractivity contribution is 5.92. The zero-order valence-electron chi connectivity index (χ0n) is 10.3. The first-order valence-corrected chi connectivity index (χ1v) is 6.05. The summed E-state index contributed by atoms with van der Waals surface area (Å²) in [4.78, 5) is 13.9. The highest BCUT2D eigenvalue weighted by Gasteiger charge is 2.22. The Labute approximate surface area is 114 Å². The van der Waals surface area contributed by atoms with Crippen molar-refractivity contribution in [3.8, 4) is 0 Å². The van der Waals surface area contributed by atoms with E-state index >= 15 is 0 Å². The Morgan fingerprint density at radius 1 is 1.39 bits per heavy atom. The van der Waals surface area contributed by atoms with Crippen molar-refractivity contribution < 1.29 is 4.79 Å². The molecule has 1 aromatic carbocycles. The Hall–Kier alpha value is -1.10. The number of carbonyl (C=O) groups is 1. The SMILES string of the molecule is Cl.NCC1CCN(CC(=O)Nc2ccccc2)C1. The van der Waals surface area contributed by atoms with Gasteiger partial charge in [-0.2, -0.15) is 0 Å². The molecule has 4 nitrogen and oxygen atoms in total. The van der Waals surface area contributed by atoms with E-state index in [0.717, 1.165) is 31.7 Å². The Balaban J connectivity index is 0.00000162. The molecule has 0 aliphatic carbocycles. The molecule has 1 heterocycles. The molecule has 18 heavy (non-hydrogen) atoms. The van der Waals surface area contributed by atoms with Crippen LogP contribution in [0.2, 0.25) is 0 Å². The number of carbonyl (C=O) groups excluding carboxylic acids is 1. The number of likely N-dealkylation sites (tertiary alicyclic amines) is 1. The second-order valence-corrected chi connectivity index (χ2v) is 4.54. The van der Waals surface area contributed by atoms with Gasteiger partial charge in [-0.05, 0) is 37.6 Å². The predicted octanol–water partition coefficient (Wildman–Crippen LogP) is 1.33. The summed E-state index contributed by atoms with van der Waals surface area (Å²) >= 11 is 0. The zero-order valence-corrected chi connectivity index (χ0v) is 11.2. The molecule has 1 amide bonds. The number of halogens is 1. The molecule has 0 bridgehead atoms. The molecule has 1 saturated heterocycles. The van der Waals surface area contributed by atoms with Crippen LogP contribution in [0, 0.1) is 5.92 Å². The third kappa shape index (κ3) is 4.29. The minimum Gasteiger partial charge on any atom is -0.330 e. The molecule has 0 aromatic heterocycles. The summed E-state index contributed by atoms with van der Waals surface area (Å²) in [6, 6.07) is 9.54. The van der Waals surface area contributed by atoms with E-state index in [4.69, 9.17) is 5.73 Å². The van der Waals surface area contributed by atoms with Gasteiger partial charge in [0.15, 0.2) is 0 Å². The fraction of sp³-hybridized carbons (Fsp3) is 0.462.